The molecule has 1 unspecified atom stereocenters. The number of amides is 1. The maximum Gasteiger partial charge on any atom is 0.240 e. The number of benzene rings is 1. The number of carbonyl (C=O) groups is 1. The fourth-order valence-electron chi connectivity index (χ4n) is 1.52. The lowest BCUT2D eigenvalue weighted by Crippen LogP contribution is -2.36. The molecule has 0 aromatic heterocycles. The molecule has 0 radical (unpaired) electrons. The van der Waals surface area contributed by atoms with Gasteiger partial charge in [-0.2, -0.15) is 5.26 Å². The molecule has 0 saturated carbocycles. The van der Waals surface area contributed by atoms with Gasteiger partial charge in [0.2, 0.25) is 5.91 Å². The second kappa shape index (κ2) is 6.66. The molecule has 0 heterocycles. The Morgan fingerprint density at radius 1 is 1.47 bits per heavy atom. The van der Waals surface area contributed by atoms with Crippen LogP contribution >= 0.6 is 0 Å². The van der Waals surface area contributed by atoms with E-state index in [1.165, 1.54) is 4.90 Å². The number of carbonyl (C=O) groups excluding carboxylic acids is 1. The van der Waals surface area contributed by atoms with Crippen LogP contribution in [0.4, 0.5) is 0 Å². The molecule has 17 heavy (non-hydrogen) atoms. The standard InChI is InChI=1S/C13H16N2O2/c1-11(9-14)13(17)15(7-8-16)10-12-5-3-2-4-6-12/h2-6,11,16H,7-8,10H2,1H3. The van der Waals surface area contributed by atoms with Crippen LogP contribution in [0.3, 0.4) is 0 Å². The Kier molecular flexibility index (Phi) is 5.18. The summed E-state index contributed by atoms with van der Waals surface area (Å²) < 4.78 is 0. The zero-order chi connectivity index (χ0) is 12.7. The normalized spacial score (nSPS) is 11.6. The van der Waals surface area contributed by atoms with Gasteiger partial charge in [0.25, 0.3) is 0 Å². The quantitative estimate of drug-likeness (QED) is 0.828. The number of aliphatic hydroxyl groups excluding tert-OH is 1. The molecule has 0 spiro atoms. The van der Waals surface area contributed by atoms with Crippen molar-refractivity contribution in [2.45, 2.75) is 13.5 Å². The molecule has 4 nitrogen and oxygen atoms in total. The van der Waals surface area contributed by atoms with Crippen LogP contribution < -0.4 is 0 Å². The summed E-state index contributed by atoms with van der Waals surface area (Å²) in [4.78, 5) is 13.4. The van der Waals surface area contributed by atoms with Gasteiger partial charge in [0.1, 0.15) is 5.92 Å². The van der Waals surface area contributed by atoms with Crippen molar-refractivity contribution < 1.29 is 9.90 Å². The van der Waals surface area contributed by atoms with Crippen molar-refractivity contribution in [2.75, 3.05) is 13.2 Å². The molecule has 90 valence electrons. The zero-order valence-electron chi connectivity index (χ0n) is 9.84. The van der Waals surface area contributed by atoms with E-state index >= 15 is 0 Å². The number of hydrogen-bond donors (Lipinski definition) is 1. The topological polar surface area (TPSA) is 64.3 Å². The van der Waals surface area contributed by atoms with E-state index in [-0.39, 0.29) is 19.1 Å². The first-order valence-corrected chi connectivity index (χ1v) is 5.52. The third-order valence-corrected chi connectivity index (χ3v) is 2.46. The Hall–Kier alpha value is -1.86. The van der Waals surface area contributed by atoms with Crippen LogP contribution in [0.1, 0.15) is 12.5 Å². The maximum atomic E-state index is 11.9. The van der Waals surface area contributed by atoms with Gasteiger partial charge >= 0.3 is 0 Å². The van der Waals surface area contributed by atoms with Crippen molar-refractivity contribution in [3.05, 3.63) is 35.9 Å². The van der Waals surface area contributed by atoms with E-state index in [2.05, 4.69) is 0 Å². The van der Waals surface area contributed by atoms with E-state index in [0.717, 1.165) is 5.56 Å². The molecule has 0 bridgehead atoms. The highest BCUT2D eigenvalue weighted by Crippen LogP contribution is 2.08. The minimum absolute atomic E-state index is 0.100. The number of hydrogen-bond acceptors (Lipinski definition) is 3. The lowest BCUT2D eigenvalue weighted by molar-refractivity contribution is -0.134. The van der Waals surface area contributed by atoms with Crippen molar-refractivity contribution in [3.63, 3.8) is 0 Å². The second-order valence-corrected chi connectivity index (χ2v) is 3.82. The van der Waals surface area contributed by atoms with Gasteiger partial charge in [-0.1, -0.05) is 30.3 Å². The zero-order valence-corrected chi connectivity index (χ0v) is 9.84. The van der Waals surface area contributed by atoms with Gasteiger partial charge < -0.3 is 10.0 Å². The molecule has 0 saturated heterocycles. The summed E-state index contributed by atoms with van der Waals surface area (Å²) in [6.07, 6.45) is 0. The third-order valence-electron chi connectivity index (χ3n) is 2.46. The van der Waals surface area contributed by atoms with Crippen LogP contribution in [0, 0.1) is 17.2 Å². The number of nitriles is 1. The molecular formula is C13H16N2O2. The summed E-state index contributed by atoms with van der Waals surface area (Å²) in [5.41, 5.74) is 0.986. The van der Waals surface area contributed by atoms with Crippen LogP contribution in [0.2, 0.25) is 0 Å². The molecule has 0 aliphatic rings. The molecule has 1 aromatic carbocycles. The van der Waals surface area contributed by atoms with E-state index in [9.17, 15) is 4.79 Å². The Morgan fingerprint density at radius 3 is 2.65 bits per heavy atom. The van der Waals surface area contributed by atoms with Crippen LogP contribution in [0.25, 0.3) is 0 Å². The lowest BCUT2D eigenvalue weighted by atomic mass is 10.1. The van der Waals surface area contributed by atoms with Gasteiger partial charge in [-0.05, 0) is 12.5 Å². The fraction of sp³-hybridized carbons (Fsp3) is 0.385. The lowest BCUT2D eigenvalue weighted by Gasteiger charge is -2.22. The summed E-state index contributed by atoms with van der Waals surface area (Å²) in [5, 5.41) is 17.7. The molecule has 0 aliphatic heterocycles. The molecule has 1 rings (SSSR count). The summed E-state index contributed by atoms with van der Waals surface area (Å²) in [6.45, 7) is 2.14. The van der Waals surface area contributed by atoms with Gasteiger partial charge in [-0.15, -0.1) is 0 Å². The van der Waals surface area contributed by atoms with Crippen LogP contribution in [0.5, 0.6) is 0 Å². The highest BCUT2D eigenvalue weighted by atomic mass is 16.3. The average molecular weight is 232 g/mol. The van der Waals surface area contributed by atoms with Crippen molar-refractivity contribution >= 4 is 5.91 Å². The van der Waals surface area contributed by atoms with Crippen molar-refractivity contribution in [2.24, 2.45) is 5.92 Å². The van der Waals surface area contributed by atoms with Crippen molar-refractivity contribution in [1.29, 1.82) is 5.26 Å². The van der Waals surface area contributed by atoms with E-state index in [4.69, 9.17) is 10.4 Å². The Bertz CT molecular complexity index is 398. The highest BCUT2D eigenvalue weighted by Gasteiger charge is 2.19. The average Bonchev–Trinajstić information content (AvgIpc) is 2.37. The van der Waals surface area contributed by atoms with Gasteiger partial charge in [0.15, 0.2) is 0 Å². The van der Waals surface area contributed by atoms with E-state index in [0.29, 0.717) is 6.54 Å². The Morgan fingerprint density at radius 2 is 2.12 bits per heavy atom. The summed E-state index contributed by atoms with van der Waals surface area (Å²) in [6, 6.07) is 11.4. The minimum atomic E-state index is -0.676. The first-order valence-electron chi connectivity index (χ1n) is 5.52. The van der Waals surface area contributed by atoms with Crippen LogP contribution in [-0.2, 0) is 11.3 Å². The van der Waals surface area contributed by atoms with Crippen molar-refractivity contribution in [3.8, 4) is 6.07 Å². The summed E-state index contributed by atoms with van der Waals surface area (Å²) in [5.74, 6) is -0.921. The summed E-state index contributed by atoms with van der Waals surface area (Å²) >= 11 is 0. The van der Waals surface area contributed by atoms with E-state index in [1.54, 1.807) is 6.92 Å². The molecule has 0 aliphatic carbocycles. The van der Waals surface area contributed by atoms with Gasteiger partial charge in [-0.3, -0.25) is 4.79 Å². The van der Waals surface area contributed by atoms with Gasteiger partial charge in [0.05, 0.1) is 12.7 Å². The molecule has 1 atom stereocenters. The number of aliphatic hydroxyl groups is 1. The summed E-state index contributed by atoms with van der Waals surface area (Å²) in [7, 11) is 0. The number of nitrogens with zero attached hydrogens (tertiary/aromatic N) is 2. The van der Waals surface area contributed by atoms with Gasteiger partial charge in [-0.25, -0.2) is 0 Å². The molecule has 0 fully saturated rings. The van der Waals surface area contributed by atoms with Crippen molar-refractivity contribution in [1.82, 2.24) is 4.90 Å². The third kappa shape index (κ3) is 3.89. The SMILES string of the molecule is CC(C#N)C(=O)N(CCO)Cc1ccccc1. The largest absolute Gasteiger partial charge is 0.395 e. The molecule has 4 heteroatoms. The second-order valence-electron chi connectivity index (χ2n) is 3.82. The monoisotopic (exact) mass is 232 g/mol. The van der Waals surface area contributed by atoms with E-state index < -0.39 is 5.92 Å². The Labute approximate surface area is 101 Å². The predicted octanol–water partition coefficient (Wildman–Crippen LogP) is 1.17. The smallest absolute Gasteiger partial charge is 0.240 e. The first-order chi connectivity index (χ1) is 8.19. The van der Waals surface area contributed by atoms with Crippen LogP contribution in [-0.4, -0.2) is 29.1 Å². The van der Waals surface area contributed by atoms with Crippen LogP contribution in [0.15, 0.2) is 30.3 Å². The number of rotatable bonds is 5. The fourth-order valence-corrected chi connectivity index (χ4v) is 1.52. The Balaban J connectivity index is 2.74. The first kappa shape index (κ1) is 13.2. The molecule has 1 aromatic rings. The molecular weight excluding hydrogens is 216 g/mol. The predicted molar refractivity (Wildman–Crippen MR) is 63.7 cm³/mol. The molecule has 1 N–H and O–H groups in total. The highest BCUT2D eigenvalue weighted by molar-refractivity contribution is 5.80. The van der Waals surface area contributed by atoms with Gasteiger partial charge in [0, 0.05) is 13.1 Å². The minimum Gasteiger partial charge on any atom is -0.395 e. The molecule has 1 amide bonds. The maximum absolute atomic E-state index is 11.9. The van der Waals surface area contributed by atoms with E-state index in [1.807, 2.05) is 36.4 Å².